The summed E-state index contributed by atoms with van der Waals surface area (Å²) in [6.07, 6.45) is 0.967. The van der Waals surface area contributed by atoms with Gasteiger partial charge in [-0.3, -0.25) is 4.90 Å². The average Bonchev–Trinajstić information content (AvgIpc) is 2.28. The summed E-state index contributed by atoms with van der Waals surface area (Å²) < 4.78 is 31.4. The van der Waals surface area contributed by atoms with Crippen LogP contribution in [-0.4, -0.2) is 54.7 Å². The van der Waals surface area contributed by atoms with Crippen LogP contribution in [0.1, 0.15) is 12.8 Å². The van der Waals surface area contributed by atoms with Crippen LogP contribution in [0, 0.1) is 0 Å². The highest BCUT2D eigenvalue weighted by Gasteiger charge is 2.25. The number of rotatable bonds is 6. The molecule has 1 aliphatic rings. The summed E-state index contributed by atoms with van der Waals surface area (Å²) in [5, 5.41) is 8.26. The van der Waals surface area contributed by atoms with Gasteiger partial charge in [0.15, 0.2) is 0 Å². The van der Waals surface area contributed by atoms with Crippen molar-refractivity contribution in [2.75, 3.05) is 32.8 Å². The standard InChI is InChI=1S/C11H17F2NO3/c12-11(13,4-2-10(15)16)3-1-5-14-6-8-17-9-7-14/h2,4H,1,3,5-9H2,(H,15,16)/b4-2+. The predicted octanol–water partition coefficient (Wildman–Crippen LogP) is 1.37. The molecule has 1 rings (SSSR count). The minimum absolute atomic E-state index is 0.325. The van der Waals surface area contributed by atoms with Crippen molar-refractivity contribution >= 4 is 5.97 Å². The van der Waals surface area contributed by atoms with E-state index in [-0.39, 0.29) is 6.42 Å². The number of morpholine rings is 1. The van der Waals surface area contributed by atoms with Gasteiger partial charge in [-0.05, 0) is 19.0 Å². The van der Waals surface area contributed by atoms with Gasteiger partial charge >= 0.3 is 5.97 Å². The van der Waals surface area contributed by atoms with Crippen molar-refractivity contribution in [3.8, 4) is 0 Å². The van der Waals surface area contributed by atoms with Gasteiger partial charge in [0, 0.05) is 25.6 Å². The minimum Gasteiger partial charge on any atom is -0.478 e. The number of allylic oxidation sites excluding steroid dienone is 1. The monoisotopic (exact) mass is 249 g/mol. The Hall–Kier alpha value is -1.01. The quantitative estimate of drug-likeness (QED) is 0.722. The van der Waals surface area contributed by atoms with Gasteiger partial charge in [-0.1, -0.05) is 0 Å². The van der Waals surface area contributed by atoms with Gasteiger partial charge in [0.1, 0.15) is 0 Å². The summed E-state index contributed by atoms with van der Waals surface area (Å²) in [5.74, 6) is -4.39. The first-order valence-corrected chi connectivity index (χ1v) is 5.60. The second-order valence-electron chi connectivity index (χ2n) is 3.99. The summed E-state index contributed by atoms with van der Waals surface area (Å²) >= 11 is 0. The largest absolute Gasteiger partial charge is 0.478 e. The van der Waals surface area contributed by atoms with E-state index >= 15 is 0 Å². The molecule has 17 heavy (non-hydrogen) atoms. The molecule has 0 bridgehead atoms. The number of aliphatic carboxylic acids is 1. The molecule has 0 aromatic rings. The Labute approximate surface area is 98.9 Å². The van der Waals surface area contributed by atoms with Crippen LogP contribution in [0.25, 0.3) is 0 Å². The Bertz CT molecular complexity index is 276. The molecule has 0 spiro atoms. The van der Waals surface area contributed by atoms with Crippen LogP contribution in [0.15, 0.2) is 12.2 Å². The highest BCUT2D eigenvalue weighted by Crippen LogP contribution is 2.22. The molecular weight excluding hydrogens is 232 g/mol. The third-order valence-corrected chi connectivity index (χ3v) is 2.56. The zero-order chi connectivity index (χ0) is 12.7. The molecule has 0 aliphatic carbocycles. The highest BCUT2D eigenvalue weighted by molar-refractivity contribution is 5.79. The molecule has 0 unspecified atom stereocenters. The number of hydrogen-bond acceptors (Lipinski definition) is 3. The molecule has 0 amide bonds. The second-order valence-corrected chi connectivity index (χ2v) is 3.99. The van der Waals surface area contributed by atoms with Crippen molar-refractivity contribution in [3.05, 3.63) is 12.2 Å². The summed E-state index contributed by atoms with van der Waals surface area (Å²) in [6.45, 7) is 3.44. The van der Waals surface area contributed by atoms with Gasteiger partial charge in [-0.15, -0.1) is 0 Å². The van der Waals surface area contributed by atoms with Crippen molar-refractivity contribution < 1.29 is 23.4 Å². The first kappa shape index (κ1) is 14.1. The first-order valence-electron chi connectivity index (χ1n) is 5.60. The lowest BCUT2D eigenvalue weighted by Gasteiger charge is -2.26. The lowest BCUT2D eigenvalue weighted by Crippen LogP contribution is -2.37. The van der Waals surface area contributed by atoms with Crippen molar-refractivity contribution in [2.45, 2.75) is 18.8 Å². The number of nitrogens with zero attached hydrogens (tertiary/aromatic N) is 1. The van der Waals surface area contributed by atoms with Crippen LogP contribution in [-0.2, 0) is 9.53 Å². The molecule has 0 aromatic heterocycles. The number of halogens is 2. The molecule has 6 heteroatoms. The van der Waals surface area contributed by atoms with Crippen LogP contribution in [0.4, 0.5) is 8.78 Å². The first-order chi connectivity index (χ1) is 7.99. The molecule has 0 atom stereocenters. The van der Waals surface area contributed by atoms with Crippen molar-refractivity contribution in [3.63, 3.8) is 0 Å². The van der Waals surface area contributed by atoms with Crippen LogP contribution >= 0.6 is 0 Å². The Balaban J connectivity index is 2.21. The summed E-state index contributed by atoms with van der Waals surface area (Å²) in [7, 11) is 0. The fraction of sp³-hybridized carbons (Fsp3) is 0.727. The SMILES string of the molecule is O=C(O)/C=C/C(F)(F)CCCN1CCOCC1. The molecule has 0 radical (unpaired) electrons. The smallest absolute Gasteiger partial charge is 0.328 e. The number of alkyl halides is 2. The molecule has 1 saturated heterocycles. The van der Waals surface area contributed by atoms with E-state index in [4.69, 9.17) is 9.84 Å². The molecule has 0 aromatic carbocycles. The number of carbonyl (C=O) groups is 1. The van der Waals surface area contributed by atoms with E-state index in [1.54, 1.807) is 0 Å². The maximum absolute atomic E-state index is 13.1. The number of carboxylic acid groups (broad SMARTS) is 1. The average molecular weight is 249 g/mol. The van der Waals surface area contributed by atoms with E-state index in [0.717, 1.165) is 13.1 Å². The lowest BCUT2D eigenvalue weighted by atomic mass is 10.1. The topological polar surface area (TPSA) is 49.8 Å². The van der Waals surface area contributed by atoms with Crippen molar-refractivity contribution in [2.24, 2.45) is 0 Å². The van der Waals surface area contributed by atoms with Gasteiger partial charge in [-0.25, -0.2) is 13.6 Å². The van der Waals surface area contributed by atoms with Crippen LogP contribution in [0.5, 0.6) is 0 Å². The molecule has 1 heterocycles. The highest BCUT2D eigenvalue weighted by atomic mass is 19.3. The molecule has 98 valence electrons. The maximum atomic E-state index is 13.1. The predicted molar refractivity (Wildman–Crippen MR) is 58.2 cm³/mol. The molecule has 4 nitrogen and oxygen atoms in total. The van der Waals surface area contributed by atoms with E-state index in [1.807, 2.05) is 0 Å². The molecule has 0 saturated carbocycles. The van der Waals surface area contributed by atoms with E-state index in [9.17, 15) is 13.6 Å². The normalized spacial score (nSPS) is 18.7. The fourth-order valence-corrected chi connectivity index (χ4v) is 1.64. The van der Waals surface area contributed by atoms with E-state index in [2.05, 4.69) is 4.90 Å². The Morgan fingerprint density at radius 3 is 2.65 bits per heavy atom. The Morgan fingerprint density at radius 2 is 2.06 bits per heavy atom. The van der Waals surface area contributed by atoms with Gasteiger partial charge in [-0.2, -0.15) is 0 Å². The Kier molecular flexibility index (Phi) is 5.50. The molecule has 1 aliphatic heterocycles. The summed E-state index contributed by atoms with van der Waals surface area (Å²) in [6, 6.07) is 0. The lowest BCUT2D eigenvalue weighted by molar-refractivity contribution is -0.131. The summed E-state index contributed by atoms with van der Waals surface area (Å²) in [4.78, 5) is 12.2. The van der Waals surface area contributed by atoms with E-state index < -0.39 is 11.9 Å². The maximum Gasteiger partial charge on any atom is 0.328 e. The third-order valence-electron chi connectivity index (χ3n) is 2.56. The third kappa shape index (κ3) is 6.33. The van der Waals surface area contributed by atoms with Crippen molar-refractivity contribution in [1.82, 2.24) is 4.90 Å². The van der Waals surface area contributed by atoms with E-state index in [0.29, 0.717) is 38.3 Å². The van der Waals surface area contributed by atoms with Crippen LogP contribution < -0.4 is 0 Å². The second kappa shape index (κ2) is 6.66. The number of carboxylic acids is 1. The van der Waals surface area contributed by atoms with Gasteiger partial charge in [0.2, 0.25) is 0 Å². The molecule has 1 N–H and O–H groups in total. The molecule has 1 fully saturated rings. The number of ether oxygens (including phenoxy) is 1. The molecular formula is C11H17F2NO3. The van der Waals surface area contributed by atoms with Gasteiger partial charge < -0.3 is 9.84 Å². The summed E-state index contributed by atoms with van der Waals surface area (Å²) in [5.41, 5.74) is 0. The van der Waals surface area contributed by atoms with E-state index in [1.165, 1.54) is 0 Å². The Morgan fingerprint density at radius 1 is 1.41 bits per heavy atom. The van der Waals surface area contributed by atoms with Crippen molar-refractivity contribution in [1.29, 1.82) is 0 Å². The fourth-order valence-electron chi connectivity index (χ4n) is 1.64. The van der Waals surface area contributed by atoms with Gasteiger partial charge in [0.05, 0.1) is 13.2 Å². The zero-order valence-electron chi connectivity index (χ0n) is 9.57. The zero-order valence-corrected chi connectivity index (χ0v) is 9.57. The van der Waals surface area contributed by atoms with Gasteiger partial charge in [0.25, 0.3) is 5.92 Å². The minimum atomic E-state index is -3.04. The van der Waals surface area contributed by atoms with Crippen LogP contribution in [0.3, 0.4) is 0 Å². The number of hydrogen-bond donors (Lipinski definition) is 1. The van der Waals surface area contributed by atoms with Crippen LogP contribution in [0.2, 0.25) is 0 Å².